The topological polar surface area (TPSA) is 71.1 Å². The number of anilines is 3. The number of aromatic nitrogens is 1. The lowest BCUT2D eigenvalue weighted by Gasteiger charge is -2.08. The molecule has 1 aromatic heterocycles. The van der Waals surface area contributed by atoms with Gasteiger partial charge in [0.15, 0.2) is 0 Å². The van der Waals surface area contributed by atoms with Crippen molar-refractivity contribution in [3.8, 4) is 0 Å². The lowest BCUT2D eigenvalue weighted by Crippen LogP contribution is -2.09. The van der Waals surface area contributed by atoms with Crippen LogP contribution in [-0.2, 0) is 10.0 Å². The second kappa shape index (κ2) is 5.80. The Morgan fingerprint density at radius 2 is 1.85 bits per heavy atom. The molecule has 5 nitrogen and oxygen atoms in total. The third-order valence-corrected chi connectivity index (χ3v) is 3.97. The van der Waals surface area contributed by atoms with E-state index in [2.05, 4.69) is 31.0 Å². The molecule has 0 aliphatic heterocycles. The molecule has 0 atom stereocenters. The molecular formula is C13H14BrN3O2S. The number of halogens is 1. The molecule has 0 bridgehead atoms. The van der Waals surface area contributed by atoms with E-state index in [-0.39, 0.29) is 0 Å². The number of pyridine rings is 1. The minimum atomic E-state index is -3.28. The predicted octanol–water partition coefficient (Wildman–Crippen LogP) is 3.27. The monoisotopic (exact) mass is 355 g/mol. The summed E-state index contributed by atoms with van der Waals surface area (Å²) in [4.78, 5) is 4.16. The highest BCUT2D eigenvalue weighted by atomic mass is 79.9. The fraction of sp³-hybridized carbons (Fsp3) is 0.154. The molecule has 2 N–H and O–H groups in total. The predicted molar refractivity (Wildman–Crippen MR) is 84.9 cm³/mol. The Bertz CT molecular complexity index is 715. The normalized spacial score (nSPS) is 11.2. The zero-order chi connectivity index (χ0) is 14.8. The fourth-order valence-corrected chi connectivity index (χ4v) is 2.49. The van der Waals surface area contributed by atoms with Gasteiger partial charge in [-0.05, 0) is 36.8 Å². The number of nitrogens with zero attached hydrogens (tertiary/aromatic N) is 1. The van der Waals surface area contributed by atoms with Crippen LogP contribution >= 0.6 is 15.9 Å². The van der Waals surface area contributed by atoms with Gasteiger partial charge in [-0.1, -0.05) is 22.0 Å². The molecule has 0 aliphatic rings. The summed E-state index contributed by atoms with van der Waals surface area (Å²) >= 11 is 3.47. The van der Waals surface area contributed by atoms with E-state index < -0.39 is 10.0 Å². The maximum absolute atomic E-state index is 11.1. The maximum Gasteiger partial charge on any atom is 0.229 e. The summed E-state index contributed by atoms with van der Waals surface area (Å²) in [5, 5.41) is 3.14. The quantitative estimate of drug-likeness (QED) is 0.882. The van der Waals surface area contributed by atoms with Crippen molar-refractivity contribution in [1.82, 2.24) is 4.98 Å². The van der Waals surface area contributed by atoms with Gasteiger partial charge in [-0.3, -0.25) is 4.72 Å². The average Bonchev–Trinajstić information content (AvgIpc) is 2.35. The van der Waals surface area contributed by atoms with Crippen molar-refractivity contribution < 1.29 is 8.42 Å². The number of hydrogen-bond donors (Lipinski definition) is 2. The molecule has 0 aliphatic carbocycles. The molecule has 2 rings (SSSR count). The van der Waals surface area contributed by atoms with Gasteiger partial charge >= 0.3 is 0 Å². The molecule has 0 unspecified atom stereocenters. The van der Waals surface area contributed by atoms with Crippen LogP contribution in [0.4, 0.5) is 17.2 Å². The van der Waals surface area contributed by atoms with Gasteiger partial charge in [0.25, 0.3) is 0 Å². The Morgan fingerprint density at radius 3 is 2.40 bits per heavy atom. The summed E-state index contributed by atoms with van der Waals surface area (Å²) in [7, 11) is -3.28. The molecule has 1 heterocycles. The molecule has 0 fully saturated rings. The van der Waals surface area contributed by atoms with Crippen molar-refractivity contribution in [3.63, 3.8) is 0 Å². The highest BCUT2D eigenvalue weighted by Gasteiger charge is 2.03. The van der Waals surface area contributed by atoms with E-state index in [1.165, 1.54) is 6.20 Å². The Hall–Kier alpha value is -1.60. The Balaban J connectivity index is 2.12. The van der Waals surface area contributed by atoms with Gasteiger partial charge in [0.2, 0.25) is 10.0 Å². The minimum absolute atomic E-state index is 0.433. The summed E-state index contributed by atoms with van der Waals surface area (Å²) in [5.74, 6) is 0.639. The fourth-order valence-electron chi connectivity index (χ4n) is 1.56. The number of aryl methyl sites for hydroxylation is 1. The van der Waals surface area contributed by atoms with Crippen molar-refractivity contribution in [1.29, 1.82) is 0 Å². The minimum Gasteiger partial charge on any atom is -0.340 e. The summed E-state index contributed by atoms with van der Waals surface area (Å²) in [6.07, 6.45) is 2.57. The summed E-state index contributed by atoms with van der Waals surface area (Å²) < 4.78 is 25.5. The van der Waals surface area contributed by atoms with E-state index in [4.69, 9.17) is 0 Å². The van der Waals surface area contributed by atoms with Gasteiger partial charge in [-0.2, -0.15) is 0 Å². The first-order valence-corrected chi connectivity index (χ1v) is 8.49. The molecule has 0 amide bonds. The van der Waals surface area contributed by atoms with E-state index in [0.717, 1.165) is 22.0 Å². The van der Waals surface area contributed by atoms with Gasteiger partial charge in [-0.25, -0.2) is 13.4 Å². The van der Waals surface area contributed by atoms with Crippen LogP contribution in [0.1, 0.15) is 5.56 Å². The standard InChI is InChI=1S/C13H14BrN3O2S/c1-9-3-4-10(7-12(9)14)16-13-6-5-11(8-15-13)17-20(2,18)19/h3-8,17H,1-2H3,(H,15,16). The zero-order valence-corrected chi connectivity index (χ0v) is 13.4. The summed E-state index contributed by atoms with van der Waals surface area (Å²) in [6, 6.07) is 9.26. The molecular weight excluding hydrogens is 342 g/mol. The lowest BCUT2D eigenvalue weighted by atomic mass is 10.2. The van der Waals surface area contributed by atoms with E-state index >= 15 is 0 Å². The van der Waals surface area contributed by atoms with E-state index in [0.29, 0.717) is 11.5 Å². The Morgan fingerprint density at radius 1 is 1.15 bits per heavy atom. The molecule has 2 aromatic rings. The van der Waals surface area contributed by atoms with Crippen molar-refractivity contribution >= 4 is 43.1 Å². The second-order valence-corrected chi connectivity index (χ2v) is 7.00. The number of rotatable bonds is 4. The zero-order valence-electron chi connectivity index (χ0n) is 11.0. The van der Waals surface area contributed by atoms with Gasteiger partial charge in [0.05, 0.1) is 18.1 Å². The molecule has 0 spiro atoms. The molecule has 106 valence electrons. The summed E-state index contributed by atoms with van der Waals surface area (Å²) in [6.45, 7) is 2.01. The van der Waals surface area contributed by atoms with Crippen molar-refractivity contribution in [2.24, 2.45) is 0 Å². The molecule has 20 heavy (non-hydrogen) atoms. The molecule has 0 radical (unpaired) electrons. The summed E-state index contributed by atoms with van der Waals surface area (Å²) in [5.41, 5.74) is 2.48. The van der Waals surface area contributed by atoms with Crippen LogP contribution in [0.3, 0.4) is 0 Å². The van der Waals surface area contributed by atoms with E-state index in [9.17, 15) is 8.42 Å². The van der Waals surface area contributed by atoms with E-state index in [1.807, 2.05) is 25.1 Å². The lowest BCUT2D eigenvalue weighted by molar-refractivity contribution is 0.607. The van der Waals surface area contributed by atoms with Crippen LogP contribution in [0.15, 0.2) is 41.0 Å². The van der Waals surface area contributed by atoms with Crippen LogP contribution in [0.5, 0.6) is 0 Å². The van der Waals surface area contributed by atoms with Crippen LogP contribution < -0.4 is 10.0 Å². The second-order valence-electron chi connectivity index (χ2n) is 4.40. The Kier molecular flexibility index (Phi) is 4.29. The molecule has 7 heteroatoms. The van der Waals surface area contributed by atoms with Gasteiger partial charge in [-0.15, -0.1) is 0 Å². The SMILES string of the molecule is Cc1ccc(Nc2ccc(NS(C)(=O)=O)cn2)cc1Br. The first kappa shape index (κ1) is 14.8. The van der Waals surface area contributed by atoms with Gasteiger partial charge < -0.3 is 5.32 Å². The number of nitrogens with one attached hydrogen (secondary N) is 2. The van der Waals surface area contributed by atoms with Crippen molar-refractivity contribution in [2.45, 2.75) is 6.92 Å². The first-order valence-electron chi connectivity index (χ1n) is 5.80. The average molecular weight is 356 g/mol. The first-order chi connectivity index (χ1) is 9.33. The van der Waals surface area contributed by atoms with Crippen molar-refractivity contribution in [2.75, 3.05) is 16.3 Å². The number of sulfonamides is 1. The maximum atomic E-state index is 11.1. The van der Waals surface area contributed by atoms with Crippen LogP contribution in [0, 0.1) is 6.92 Å². The van der Waals surface area contributed by atoms with Gasteiger partial charge in [0.1, 0.15) is 5.82 Å². The smallest absolute Gasteiger partial charge is 0.229 e. The Labute approximate surface area is 126 Å². The van der Waals surface area contributed by atoms with Crippen molar-refractivity contribution in [3.05, 3.63) is 46.6 Å². The van der Waals surface area contributed by atoms with Crippen LogP contribution in [0.2, 0.25) is 0 Å². The molecule has 1 aromatic carbocycles. The van der Waals surface area contributed by atoms with E-state index in [1.54, 1.807) is 12.1 Å². The third kappa shape index (κ3) is 4.21. The van der Waals surface area contributed by atoms with Crippen LogP contribution in [-0.4, -0.2) is 19.7 Å². The highest BCUT2D eigenvalue weighted by Crippen LogP contribution is 2.23. The largest absolute Gasteiger partial charge is 0.340 e. The molecule has 0 saturated carbocycles. The highest BCUT2D eigenvalue weighted by molar-refractivity contribution is 9.10. The number of hydrogen-bond acceptors (Lipinski definition) is 4. The van der Waals surface area contributed by atoms with Crippen LogP contribution in [0.25, 0.3) is 0 Å². The van der Waals surface area contributed by atoms with Gasteiger partial charge in [0, 0.05) is 10.2 Å². The molecule has 0 saturated heterocycles. The number of benzene rings is 1. The third-order valence-electron chi connectivity index (χ3n) is 2.51.